The number of nitrogens with zero attached hydrogens (tertiary/aromatic N) is 10. The molecule has 6 heterocycles. The van der Waals surface area contributed by atoms with Crippen LogP contribution in [0.15, 0.2) is 146 Å². The number of hydrogen-bond acceptors (Lipinski definition) is 20. The van der Waals surface area contributed by atoms with Crippen molar-refractivity contribution in [2.75, 3.05) is 29.5 Å². The number of nitro groups is 2. The molecule has 0 bridgehead atoms. The van der Waals surface area contributed by atoms with Crippen molar-refractivity contribution < 1.29 is 40.3 Å². The third kappa shape index (κ3) is 15.6. The predicted molar refractivity (Wildman–Crippen MR) is 349 cm³/mol. The van der Waals surface area contributed by atoms with Gasteiger partial charge in [-0.3, -0.25) is 29.8 Å². The van der Waals surface area contributed by atoms with E-state index in [1.165, 1.54) is 59.8 Å². The Labute approximate surface area is 551 Å². The maximum atomic E-state index is 12.5. The van der Waals surface area contributed by atoms with Gasteiger partial charge in [-0.2, -0.15) is 16.8 Å². The summed E-state index contributed by atoms with van der Waals surface area (Å²) < 4.78 is 57.8. The first-order chi connectivity index (χ1) is 43.7. The van der Waals surface area contributed by atoms with Crippen LogP contribution in [0.3, 0.4) is 0 Å². The molecule has 0 aliphatic heterocycles. The van der Waals surface area contributed by atoms with E-state index in [1.807, 2.05) is 123 Å². The standard InChI is InChI=1S/C21H21N5O3.C21H23N5O.C19H16N4O4.2Na.O4S2/c1-4-22-21-23-20-17(25(21)12-15-8-6-5-7-9-15)10-16(11-18(20)26(27)28)19-13(2)24-29-14(19)3;1-4-23-21-24-20-17(22)10-16(19-13(2)25-27-14(19)3)11-18(20)26(21)12-15-8-6-5-7-9-15;1-11-17(12(2)27-21-11)14-8-15-18(16(9-14)23(25)26)20-19(24)22(15)10-13-6-4-3-5-7-13;;;1-5(2)6(3)4/h5-11H,4,12H2,1-3H3,(H,22,23);5-11H,4,12,22H2,1-3H3,(H,23,24);3-9H,10H2,1-2H3,(H,20,24);;;. The molecule has 12 aromatic rings. The number of rotatable bonds is 15. The molecule has 0 atom stereocenters. The summed E-state index contributed by atoms with van der Waals surface area (Å²) in [5.41, 5.74) is 20.1. The minimum absolute atomic E-state index is 0.0385. The Morgan fingerprint density at radius 2 is 0.879 bits per heavy atom. The summed E-state index contributed by atoms with van der Waals surface area (Å²) in [4.78, 5) is 47.0. The first-order valence-corrected chi connectivity index (χ1v) is 39.3. The fourth-order valence-electron chi connectivity index (χ4n) is 10.5. The van der Waals surface area contributed by atoms with Crippen LogP contribution in [0.1, 0.15) is 64.9 Å². The fraction of sp³-hybridized carbons (Fsp3) is 0.213. The van der Waals surface area contributed by atoms with Crippen molar-refractivity contribution in [3.05, 3.63) is 209 Å². The van der Waals surface area contributed by atoms with E-state index >= 15 is 0 Å². The quantitative estimate of drug-likeness (QED) is 0.0321. The van der Waals surface area contributed by atoms with Crippen LogP contribution in [-0.2, 0) is 38.2 Å². The number of anilines is 3. The Balaban J connectivity index is 0.000000166. The van der Waals surface area contributed by atoms with Crippen molar-refractivity contribution in [1.29, 1.82) is 0 Å². The summed E-state index contributed by atoms with van der Waals surface area (Å²) in [6.45, 7) is 18.0. The Morgan fingerprint density at radius 3 is 1.24 bits per heavy atom. The summed E-state index contributed by atoms with van der Waals surface area (Å²) in [6.07, 6.45) is 0. The Bertz CT molecular complexity index is 4840. The van der Waals surface area contributed by atoms with Gasteiger partial charge in [0, 0.05) is 41.9 Å². The average Bonchev–Trinajstić information content (AvgIpc) is 1.66. The number of nitrogens with two attached hydrogens (primary N) is 1. The average molecular weight is 1290 g/mol. The second kappa shape index (κ2) is 30.7. The van der Waals surface area contributed by atoms with Crippen molar-refractivity contribution in [3.63, 3.8) is 0 Å². The summed E-state index contributed by atoms with van der Waals surface area (Å²) in [5, 5.41) is 42.0. The summed E-state index contributed by atoms with van der Waals surface area (Å²) in [7, 11) is -5.90. The molecule has 6 aromatic heterocycles. The number of fused-ring (bicyclic) bond motifs is 3. The number of nitrogen functional groups attached to an aromatic ring is 1. The number of aromatic nitrogens is 9. The SMILES string of the molecule is CCNc1nc2c(N)cc(-c3c(C)noc3C)cc2n1Cc1ccccc1.CCNc1nc2c([N+](=O)[O-])cc(-c3c(C)noc3C)cc2n1Cc1ccccc1.Cc1noc(C)c1-c1cc([N+](=O)[O-])c2[nH]c(=O)n(Cc3ccccc3)c2c1.O=S(=O)=S(=O)=O.[Na][Na]. The molecule has 0 amide bonds. The first kappa shape index (κ1) is 67.9. The van der Waals surface area contributed by atoms with Gasteiger partial charge >= 0.3 is 67.8 Å². The van der Waals surface area contributed by atoms with Crippen LogP contribution in [0.2, 0.25) is 0 Å². The Kier molecular flexibility index (Phi) is 22.9. The molecule has 0 fully saturated rings. The fourth-order valence-corrected chi connectivity index (χ4v) is 10.5. The molecule has 0 radical (unpaired) electrons. The summed E-state index contributed by atoms with van der Waals surface area (Å²) in [6, 6.07) is 40.5. The normalized spacial score (nSPS) is 10.8. The van der Waals surface area contributed by atoms with E-state index in [0.29, 0.717) is 94.0 Å². The molecule has 30 heteroatoms. The number of aromatic amines is 1. The van der Waals surface area contributed by atoms with Crippen molar-refractivity contribution in [1.82, 2.24) is 44.1 Å². The van der Waals surface area contributed by atoms with Crippen LogP contribution >= 0.6 is 0 Å². The van der Waals surface area contributed by atoms with Crippen LogP contribution < -0.4 is 22.1 Å². The zero-order chi connectivity index (χ0) is 65.8. The number of nitro benzene ring substituents is 2. The second-order valence-corrected chi connectivity index (χ2v) is 22.7. The first-order valence-electron chi connectivity index (χ1n) is 28.6. The number of imidazole rings is 3. The third-order valence-electron chi connectivity index (χ3n) is 14.3. The summed E-state index contributed by atoms with van der Waals surface area (Å²) >= 11 is 2.89. The molecule has 5 N–H and O–H groups in total. The van der Waals surface area contributed by atoms with E-state index in [9.17, 15) is 25.0 Å². The molecule has 0 unspecified atom stereocenters. The molecule has 12 rings (SSSR count). The van der Waals surface area contributed by atoms with Crippen LogP contribution in [0.5, 0.6) is 0 Å². The predicted octanol–water partition coefficient (Wildman–Crippen LogP) is 10.5. The van der Waals surface area contributed by atoms with Crippen LogP contribution in [0, 0.1) is 61.8 Å². The van der Waals surface area contributed by atoms with Gasteiger partial charge in [0.1, 0.15) is 28.3 Å². The van der Waals surface area contributed by atoms with Crippen LogP contribution in [0.4, 0.5) is 29.0 Å². The number of nitrogens with one attached hydrogen (secondary N) is 3. The second-order valence-electron chi connectivity index (χ2n) is 20.3. The molecular formula is C61H60N14Na2O12S2. The topological polar surface area (TPSA) is 356 Å². The molecule has 0 saturated carbocycles. The van der Waals surface area contributed by atoms with Crippen molar-refractivity contribution >= 4 is 124 Å². The van der Waals surface area contributed by atoms with Crippen molar-refractivity contribution in [3.8, 4) is 33.4 Å². The van der Waals surface area contributed by atoms with E-state index in [-0.39, 0.29) is 21.8 Å². The summed E-state index contributed by atoms with van der Waals surface area (Å²) in [5.74, 6) is 3.39. The molecule has 0 saturated heterocycles. The minimum atomic E-state index is -2.95. The van der Waals surface area contributed by atoms with Gasteiger partial charge in [0.25, 0.3) is 11.4 Å². The maximum absolute atomic E-state index is 12.5. The molecule has 460 valence electrons. The van der Waals surface area contributed by atoms with Crippen LogP contribution in [-0.4, -0.2) is 128 Å². The molecule has 26 nitrogen and oxygen atoms in total. The Morgan fingerprint density at radius 1 is 0.527 bits per heavy atom. The third-order valence-corrected chi connectivity index (χ3v) is 15.2. The van der Waals surface area contributed by atoms with E-state index < -0.39 is 29.1 Å². The van der Waals surface area contributed by atoms with Gasteiger partial charge in [-0.05, 0) is 113 Å². The molecule has 0 aliphatic carbocycles. The molecule has 0 spiro atoms. The Hall–Kier alpha value is -9.00. The van der Waals surface area contributed by atoms with E-state index in [1.54, 1.807) is 32.9 Å². The van der Waals surface area contributed by atoms with Gasteiger partial charge in [0.15, 0.2) is 5.52 Å². The number of hydrogen-bond donors (Lipinski definition) is 4. The van der Waals surface area contributed by atoms with Gasteiger partial charge in [0.2, 0.25) is 11.9 Å². The van der Waals surface area contributed by atoms with Crippen LogP contribution in [0.25, 0.3) is 66.5 Å². The number of non-ortho nitro benzene ring substituents is 2. The zero-order valence-electron chi connectivity index (χ0n) is 51.4. The molecule has 0 aliphatic rings. The number of aryl methyl sites for hydroxylation is 6. The van der Waals surface area contributed by atoms with E-state index in [4.69, 9.17) is 41.1 Å². The molecule has 6 aromatic carbocycles. The van der Waals surface area contributed by atoms with E-state index in [2.05, 4.69) is 65.8 Å². The number of benzene rings is 6. The number of H-pyrrole nitrogens is 1. The monoisotopic (exact) mass is 1290 g/mol. The van der Waals surface area contributed by atoms with E-state index in [0.717, 1.165) is 62.8 Å². The molecule has 91 heavy (non-hydrogen) atoms. The zero-order valence-corrected chi connectivity index (χ0v) is 57.1. The van der Waals surface area contributed by atoms with Gasteiger partial charge < -0.3 is 39.1 Å². The van der Waals surface area contributed by atoms with Crippen molar-refractivity contribution in [2.45, 2.75) is 75.0 Å². The van der Waals surface area contributed by atoms with Gasteiger partial charge in [-0.1, -0.05) is 106 Å². The van der Waals surface area contributed by atoms with Crippen molar-refractivity contribution in [2.24, 2.45) is 0 Å². The molecular weight excluding hydrogens is 1230 g/mol. The van der Waals surface area contributed by atoms with Gasteiger partial charge in [0.05, 0.1) is 68.8 Å². The van der Waals surface area contributed by atoms with Gasteiger partial charge in [-0.15, -0.1) is 0 Å². The van der Waals surface area contributed by atoms with Gasteiger partial charge in [-0.25, -0.2) is 14.8 Å².